The van der Waals surface area contributed by atoms with Crippen LogP contribution in [0.3, 0.4) is 0 Å². The van der Waals surface area contributed by atoms with Crippen LogP contribution < -0.4 is 0 Å². The summed E-state index contributed by atoms with van der Waals surface area (Å²) in [6.07, 6.45) is 3.48. The van der Waals surface area contributed by atoms with Crippen LogP contribution in [0.1, 0.15) is 12.8 Å². The monoisotopic (exact) mass is 183 g/mol. The van der Waals surface area contributed by atoms with E-state index in [4.69, 9.17) is 4.74 Å². The second-order valence-electron chi connectivity index (χ2n) is 3.43. The molecule has 0 aliphatic carbocycles. The van der Waals surface area contributed by atoms with Gasteiger partial charge < -0.3 is 9.64 Å². The molecular formula is C10H17NO2. The molecule has 3 nitrogen and oxygen atoms in total. The lowest BCUT2D eigenvalue weighted by Crippen LogP contribution is -2.38. The van der Waals surface area contributed by atoms with Crippen LogP contribution in [-0.4, -0.2) is 37.6 Å². The molecule has 0 unspecified atom stereocenters. The third-order valence-electron chi connectivity index (χ3n) is 2.50. The van der Waals surface area contributed by atoms with Crippen LogP contribution in [0.15, 0.2) is 12.7 Å². The molecule has 1 aliphatic rings. The lowest BCUT2D eigenvalue weighted by molar-refractivity contribution is -0.127. The molecule has 1 rings (SSSR count). The first-order chi connectivity index (χ1) is 6.27. The molecule has 0 N–H and O–H groups in total. The summed E-state index contributed by atoms with van der Waals surface area (Å²) in [5.74, 6) is 0.676. The zero-order chi connectivity index (χ0) is 9.68. The van der Waals surface area contributed by atoms with E-state index in [0.717, 1.165) is 32.5 Å². The molecule has 1 aliphatic heterocycles. The van der Waals surface area contributed by atoms with Gasteiger partial charge in [-0.25, -0.2) is 0 Å². The average Bonchev–Trinajstić information content (AvgIpc) is 2.18. The van der Waals surface area contributed by atoms with Gasteiger partial charge in [0, 0.05) is 26.8 Å². The van der Waals surface area contributed by atoms with E-state index in [9.17, 15) is 4.79 Å². The van der Waals surface area contributed by atoms with Gasteiger partial charge in [-0.05, 0) is 24.8 Å². The van der Waals surface area contributed by atoms with Crippen LogP contribution >= 0.6 is 0 Å². The van der Waals surface area contributed by atoms with E-state index < -0.39 is 0 Å². The van der Waals surface area contributed by atoms with Gasteiger partial charge in [0.1, 0.15) is 0 Å². The van der Waals surface area contributed by atoms with Crippen LogP contribution in [0, 0.1) is 5.92 Å². The van der Waals surface area contributed by atoms with Gasteiger partial charge in [-0.3, -0.25) is 4.79 Å². The minimum atomic E-state index is 0.0517. The Labute approximate surface area is 79.4 Å². The summed E-state index contributed by atoms with van der Waals surface area (Å²) in [7, 11) is 1.72. The Morgan fingerprint density at radius 3 is 2.69 bits per heavy atom. The van der Waals surface area contributed by atoms with Gasteiger partial charge >= 0.3 is 0 Å². The summed E-state index contributed by atoms with van der Waals surface area (Å²) in [5, 5.41) is 0. The Morgan fingerprint density at radius 1 is 1.62 bits per heavy atom. The molecule has 0 aromatic rings. The number of nitrogens with zero attached hydrogens (tertiary/aromatic N) is 1. The molecule has 0 aromatic heterocycles. The van der Waals surface area contributed by atoms with Crippen molar-refractivity contribution in [2.24, 2.45) is 5.92 Å². The third-order valence-corrected chi connectivity index (χ3v) is 2.50. The maximum atomic E-state index is 11.2. The molecule has 1 heterocycles. The zero-order valence-corrected chi connectivity index (χ0v) is 8.16. The van der Waals surface area contributed by atoms with Crippen LogP contribution in [0.25, 0.3) is 0 Å². The van der Waals surface area contributed by atoms with Crippen molar-refractivity contribution in [2.45, 2.75) is 12.8 Å². The fraction of sp³-hybridized carbons (Fsp3) is 0.700. The summed E-state index contributed by atoms with van der Waals surface area (Å²) < 4.78 is 5.08. The number of methoxy groups -OCH3 is 1. The van der Waals surface area contributed by atoms with E-state index >= 15 is 0 Å². The molecular weight excluding hydrogens is 166 g/mol. The van der Waals surface area contributed by atoms with Crippen molar-refractivity contribution in [3.05, 3.63) is 12.7 Å². The molecule has 3 heteroatoms. The largest absolute Gasteiger partial charge is 0.384 e. The highest BCUT2D eigenvalue weighted by Gasteiger charge is 2.20. The number of carbonyl (C=O) groups is 1. The van der Waals surface area contributed by atoms with Crippen molar-refractivity contribution in [1.82, 2.24) is 4.90 Å². The fourth-order valence-electron chi connectivity index (χ4n) is 1.68. The Hall–Kier alpha value is -0.830. The number of hydrogen-bond acceptors (Lipinski definition) is 2. The molecule has 0 spiro atoms. The topological polar surface area (TPSA) is 29.5 Å². The van der Waals surface area contributed by atoms with Gasteiger partial charge in [0.05, 0.1) is 0 Å². The molecule has 0 saturated carbocycles. The Kier molecular flexibility index (Phi) is 3.96. The first-order valence-corrected chi connectivity index (χ1v) is 4.68. The van der Waals surface area contributed by atoms with Crippen LogP contribution in [-0.2, 0) is 9.53 Å². The van der Waals surface area contributed by atoms with E-state index in [0.29, 0.717) is 5.92 Å². The maximum absolute atomic E-state index is 11.2. The summed E-state index contributed by atoms with van der Waals surface area (Å²) in [6.45, 7) is 5.98. The molecule has 0 bridgehead atoms. The first-order valence-electron chi connectivity index (χ1n) is 4.68. The highest BCUT2D eigenvalue weighted by molar-refractivity contribution is 5.87. The number of rotatable bonds is 3. The SMILES string of the molecule is C=CC(=O)N1CCC(COC)CC1. The minimum Gasteiger partial charge on any atom is -0.384 e. The molecule has 1 amide bonds. The second-order valence-corrected chi connectivity index (χ2v) is 3.43. The van der Waals surface area contributed by atoms with Gasteiger partial charge in [-0.2, -0.15) is 0 Å². The second kappa shape index (κ2) is 5.02. The van der Waals surface area contributed by atoms with Crippen LogP contribution in [0.5, 0.6) is 0 Å². The maximum Gasteiger partial charge on any atom is 0.245 e. The number of hydrogen-bond donors (Lipinski definition) is 0. The van der Waals surface area contributed by atoms with Crippen molar-refractivity contribution in [1.29, 1.82) is 0 Å². The van der Waals surface area contributed by atoms with Gasteiger partial charge in [0.15, 0.2) is 0 Å². The van der Waals surface area contributed by atoms with Crippen LogP contribution in [0.4, 0.5) is 0 Å². The summed E-state index contributed by atoms with van der Waals surface area (Å²) >= 11 is 0. The van der Waals surface area contributed by atoms with Gasteiger partial charge in [0.25, 0.3) is 0 Å². The minimum absolute atomic E-state index is 0.0517. The number of likely N-dealkylation sites (tertiary alicyclic amines) is 1. The zero-order valence-electron chi connectivity index (χ0n) is 8.16. The predicted molar refractivity (Wildman–Crippen MR) is 51.4 cm³/mol. The molecule has 0 aromatic carbocycles. The highest BCUT2D eigenvalue weighted by atomic mass is 16.5. The molecule has 0 atom stereocenters. The number of carbonyl (C=O) groups excluding carboxylic acids is 1. The lowest BCUT2D eigenvalue weighted by atomic mass is 9.98. The lowest BCUT2D eigenvalue weighted by Gasteiger charge is -2.30. The number of amides is 1. The van der Waals surface area contributed by atoms with Crippen molar-refractivity contribution >= 4 is 5.91 Å². The van der Waals surface area contributed by atoms with Crippen molar-refractivity contribution in [3.63, 3.8) is 0 Å². The van der Waals surface area contributed by atoms with Crippen molar-refractivity contribution < 1.29 is 9.53 Å². The van der Waals surface area contributed by atoms with Crippen LogP contribution in [0.2, 0.25) is 0 Å². The molecule has 1 fully saturated rings. The van der Waals surface area contributed by atoms with E-state index in [-0.39, 0.29) is 5.91 Å². The van der Waals surface area contributed by atoms with Crippen molar-refractivity contribution in [3.8, 4) is 0 Å². The number of ether oxygens (including phenoxy) is 1. The smallest absolute Gasteiger partial charge is 0.245 e. The predicted octanol–water partition coefficient (Wildman–Crippen LogP) is 1.06. The third kappa shape index (κ3) is 2.84. The summed E-state index contributed by atoms with van der Waals surface area (Å²) in [6, 6.07) is 0. The average molecular weight is 183 g/mol. The number of piperidine rings is 1. The summed E-state index contributed by atoms with van der Waals surface area (Å²) in [4.78, 5) is 13.1. The highest BCUT2D eigenvalue weighted by Crippen LogP contribution is 2.17. The van der Waals surface area contributed by atoms with E-state index in [1.54, 1.807) is 7.11 Å². The van der Waals surface area contributed by atoms with E-state index in [1.807, 2.05) is 4.90 Å². The Bertz CT molecular complexity index is 183. The summed E-state index contributed by atoms with van der Waals surface area (Å²) in [5.41, 5.74) is 0. The molecule has 0 radical (unpaired) electrons. The van der Waals surface area contributed by atoms with Gasteiger partial charge in [-0.15, -0.1) is 0 Å². The first kappa shape index (κ1) is 10.3. The molecule has 74 valence electrons. The van der Waals surface area contributed by atoms with Crippen molar-refractivity contribution in [2.75, 3.05) is 26.8 Å². The fourth-order valence-corrected chi connectivity index (χ4v) is 1.68. The molecule has 1 saturated heterocycles. The van der Waals surface area contributed by atoms with E-state index in [2.05, 4.69) is 6.58 Å². The normalized spacial score (nSPS) is 18.7. The van der Waals surface area contributed by atoms with E-state index in [1.165, 1.54) is 6.08 Å². The quantitative estimate of drug-likeness (QED) is 0.612. The molecule has 13 heavy (non-hydrogen) atoms. The Morgan fingerprint density at radius 2 is 2.23 bits per heavy atom. The Balaban J connectivity index is 2.30. The standard InChI is InChI=1S/C10H17NO2/c1-3-10(12)11-6-4-9(5-7-11)8-13-2/h3,9H,1,4-8H2,2H3. The van der Waals surface area contributed by atoms with Gasteiger partial charge in [0.2, 0.25) is 5.91 Å². The van der Waals surface area contributed by atoms with Gasteiger partial charge in [-0.1, -0.05) is 6.58 Å².